The zero-order valence-electron chi connectivity index (χ0n) is 34.2. The van der Waals surface area contributed by atoms with Crippen LogP contribution in [0.1, 0.15) is 100 Å². The van der Waals surface area contributed by atoms with E-state index in [1.165, 1.54) is 99.6 Å². The third kappa shape index (κ3) is 8.61. The van der Waals surface area contributed by atoms with E-state index in [0.29, 0.717) is 23.7 Å². The topological polar surface area (TPSA) is 36.9 Å². The molecule has 4 unspecified atom stereocenters. The Kier molecular flexibility index (Phi) is 13.6. The molecule has 0 heterocycles. The number of benzene rings is 2. The summed E-state index contributed by atoms with van der Waals surface area (Å²) in [6, 6.07) is 17.6. The molecular weight excluding hydrogens is 802 g/mol. The highest BCUT2D eigenvalue weighted by atomic mass is 79.9. The van der Waals surface area contributed by atoms with Gasteiger partial charge in [0, 0.05) is 16.5 Å². The van der Waals surface area contributed by atoms with Gasteiger partial charge in [-0.25, -0.2) is 0 Å². The van der Waals surface area contributed by atoms with Gasteiger partial charge in [-0.15, -0.1) is 0 Å². The monoisotopic (exact) mass is 867 g/mol. The summed E-state index contributed by atoms with van der Waals surface area (Å²) in [5, 5.41) is 0.935. The second kappa shape index (κ2) is 17.5. The number of alkyl halides is 1. The van der Waals surface area contributed by atoms with Crippen LogP contribution in [-0.2, 0) is 18.9 Å². The molecular formula is C47H67Br2NO4. The van der Waals surface area contributed by atoms with Gasteiger partial charge in [-0.3, -0.25) is 0 Å². The summed E-state index contributed by atoms with van der Waals surface area (Å²) >= 11 is 3.52. The highest BCUT2D eigenvalue weighted by Crippen LogP contribution is 2.62. The number of halogens is 2. The molecule has 298 valence electrons. The molecule has 0 radical (unpaired) electrons. The van der Waals surface area contributed by atoms with E-state index >= 15 is 0 Å². The number of quaternary nitrogens is 1. The van der Waals surface area contributed by atoms with Crippen LogP contribution in [0, 0.1) is 49.4 Å². The van der Waals surface area contributed by atoms with Crippen LogP contribution in [0.2, 0.25) is 0 Å². The van der Waals surface area contributed by atoms with Gasteiger partial charge in [-0.1, -0.05) is 63.5 Å². The van der Waals surface area contributed by atoms with Crippen molar-refractivity contribution in [2.24, 2.45) is 35.5 Å². The Balaban J connectivity index is 0.000000184. The molecule has 7 heteroatoms. The van der Waals surface area contributed by atoms with Crippen molar-refractivity contribution in [2.75, 3.05) is 59.4 Å². The molecule has 0 aliphatic heterocycles. The summed E-state index contributed by atoms with van der Waals surface area (Å²) in [7, 11) is 6.06. The van der Waals surface area contributed by atoms with Gasteiger partial charge in [0.2, 0.25) is 0 Å². The van der Waals surface area contributed by atoms with Crippen LogP contribution >= 0.6 is 15.9 Å². The third-order valence-electron chi connectivity index (χ3n) is 14.6. The summed E-state index contributed by atoms with van der Waals surface area (Å²) in [6.07, 6.45) is 12.6. The van der Waals surface area contributed by atoms with Crippen molar-refractivity contribution >= 4 is 27.4 Å². The standard InChI is InChI=1S/C26H40NO2.C21H27BrO2.BrH/c1-6-27(4,7-2)11-12-29-26-16-20-14-22(17-26)24(23(15-20)18-26)25(28-5)21-10-8-9-19(3)13-21;1-14-4-3-5-16(8-14)20(23-2)19-17-9-15-10-18(19)13-21(11-15,12-17)24-7-6-22;/h8-10,13,20,22-23H,6-7,11-12,14-18H2,1-5H3;3-5,8,15,17-18H,6-7,9-13H2,1-2H3;1H/q+1;;/p-1. The first-order valence-corrected chi connectivity index (χ1v) is 22.0. The van der Waals surface area contributed by atoms with E-state index in [0.717, 1.165) is 52.9 Å². The van der Waals surface area contributed by atoms with Gasteiger partial charge >= 0.3 is 0 Å². The maximum Gasteiger partial charge on any atom is 0.125 e. The van der Waals surface area contributed by atoms with E-state index < -0.39 is 0 Å². The summed E-state index contributed by atoms with van der Waals surface area (Å²) in [5.41, 5.74) is 8.53. The maximum absolute atomic E-state index is 6.75. The SMILES string of the molecule is CC[N+](C)(CC)CCOC12CC3CC(C1)C(=C(OC)c1cccc(C)c1)C(C3)C2.COC(=C1C2CC3CC1CC(OCCBr)(C3)C2)c1cccc(C)c1.[Br-]. The summed E-state index contributed by atoms with van der Waals surface area (Å²) < 4.78 is 26.2. The first-order chi connectivity index (χ1) is 25.5. The first-order valence-electron chi connectivity index (χ1n) is 20.9. The molecule has 8 fully saturated rings. The van der Waals surface area contributed by atoms with Gasteiger partial charge in [0.15, 0.2) is 0 Å². The number of aryl methyl sites for hydroxylation is 2. The molecule has 0 saturated heterocycles. The molecule has 8 bridgehead atoms. The van der Waals surface area contributed by atoms with Crippen LogP contribution in [0.5, 0.6) is 0 Å². The van der Waals surface area contributed by atoms with E-state index in [9.17, 15) is 0 Å². The molecule has 54 heavy (non-hydrogen) atoms. The lowest BCUT2D eigenvalue weighted by atomic mass is 9.52. The highest BCUT2D eigenvalue weighted by Gasteiger charge is 2.56. The molecule has 8 aliphatic carbocycles. The van der Waals surface area contributed by atoms with E-state index in [1.54, 1.807) is 11.1 Å². The number of ether oxygens (including phenoxy) is 4. The molecule has 8 aliphatic rings. The minimum Gasteiger partial charge on any atom is -1.00 e. The van der Waals surface area contributed by atoms with Crippen molar-refractivity contribution in [2.45, 2.75) is 103 Å². The molecule has 0 N–H and O–H groups in total. The predicted octanol–water partition coefficient (Wildman–Crippen LogP) is 7.78. The second-order valence-electron chi connectivity index (χ2n) is 18.1. The van der Waals surface area contributed by atoms with Crippen LogP contribution < -0.4 is 17.0 Å². The van der Waals surface area contributed by atoms with Gasteiger partial charge in [0.25, 0.3) is 0 Å². The van der Waals surface area contributed by atoms with Crippen molar-refractivity contribution in [1.29, 1.82) is 0 Å². The van der Waals surface area contributed by atoms with Crippen LogP contribution in [0.25, 0.3) is 11.5 Å². The van der Waals surface area contributed by atoms with Gasteiger partial charge in [0.05, 0.1) is 58.8 Å². The Morgan fingerprint density at radius 1 is 0.667 bits per heavy atom. The van der Waals surface area contributed by atoms with E-state index in [-0.39, 0.29) is 28.2 Å². The fraction of sp³-hybridized carbons (Fsp3) is 0.660. The second-order valence-corrected chi connectivity index (χ2v) is 18.9. The Hall–Kier alpha value is -1.64. The lowest BCUT2D eigenvalue weighted by molar-refractivity contribution is -0.906. The largest absolute Gasteiger partial charge is 1.00 e. The molecule has 0 aromatic heterocycles. The normalized spacial score (nSPS) is 31.5. The fourth-order valence-corrected chi connectivity index (χ4v) is 12.3. The summed E-state index contributed by atoms with van der Waals surface area (Å²) in [4.78, 5) is 0. The lowest BCUT2D eigenvalue weighted by Gasteiger charge is -2.57. The Labute approximate surface area is 346 Å². The first kappa shape index (κ1) is 42.0. The van der Waals surface area contributed by atoms with Crippen LogP contribution in [-0.4, -0.2) is 75.1 Å². The zero-order chi connectivity index (χ0) is 37.4. The number of likely N-dealkylation sites (N-methyl/N-ethyl adjacent to an activating group) is 1. The smallest absolute Gasteiger partial charge is 0.125 e. The van der Waals surface area contributed by atoms with E-state index in [1.807, 2.05) is 14.2 Å². The third-order valence-corrected chi connectivity index (χ3v) is 14.9. The number of rotatable bonds is 13. The average Bonchev–Trinajstić information content (AvgIpc) is 3.13. The number of allylic oxidation sites excluding steroid dienone is 2. The molecule has 2 aromatic carbocycles. The minimum atomic E-state index is 0. The highest BCUT2D eigenvalue weighted by molar-refractivity contribution is 9.09. The Morgan fingerprint density at radius 3 is 1.43 bits per heavy atom. The zero-order valence-corrected chi connectivity index (χ0v) is 37.4. The van der Waals surface area contributed by atoms with Crippen molar-refractivity contribution in [1.82, 2.24) is 0 Å². The van der Waals surface area contributed by atoms with Crippen molar-refractivity contribution < 1.29 is 40.4 Å². The van der Waals surface area contributed by atoms with Gasteiger partial charge < -0.3 is 40.4 Å². The van der Waals surface area contributed by atoms with E-state index in [4.69, 9.17) is 18.9 Å². The van der Waals surface area contributed by atoms with Crippen LogP contribution in [0.15, 0.2) is 59.7 Å². The van der Waals surface area contributed by atoms with E-state index in [2.05, 4.69) is 99.2 Å². The molecule has 2 aromatic rings. The van der Waals surface area contributed by atoms with Crippen molar-refractivity contribution in [3.8, 4) is 0 Å². The number of hydrogen-bond acceptors (Lipinski definition) is 4. The quantitative estimate of drug-likeness (QED) is 0.117. The van der Waals surface area contributed by atoms with Gasteiger partial charge in [-0.05, 0) is 151 Å². The predicted molar refractivity (Wildman–Crippen MR) is 221 cm³/mol. The molecule has 8 saturated carbocycles. The number of hydrogen-bond donors (Lipinski definition) is 0. The maximum atomic E-state index is 6.75. The van der Waals surface area contributed by atoms with Crippen molar-refractivity contribution in [3.05, 3.63) is 81.9 Å². The molecule has 4 atom stereocenters. The average molecular weight is 870 g/mol. The fourth-order valence-electron chi connectivity index (χ4n) is 12.2. The molecule has 5 nitrogen and oxygen atoms in total. The van der Waals surface area contributed by atoms with Gasteiger partial charge in [-0.2, -0.15) is 0 Å². The minimum absolute atomic E-state index is 0. The molecule has 10 rings (SSSR count). The summed E-state index contributed by atoms with van der Waals surface area (Å²) in [5.74, 6) is 6.53. The van der Waals surface area contributed by atoms with Crippen LogP contribution in [0.4, 0.5) is 0 Å². The lowest BCUT2D eigenvalue weighted by Crippen LogP contribution is -3.00. The van der Waals surface area contributed by atoms with Gasteiger partial charge in [0.1, 0.15) is 18.1 Å². The Bertz CT molecular complexity index is 1630. The molecule has 0 amide bonds. The summed E-state index contributed by atoms with van der Waals surface area (Å²) in [6.45, 7) is 14.1. The molecule has 0 spiro atoms. The number of methoxy groups -OCH3 is 2. The van der Waals surface area contributed by atoms with Crippen LogP contribution in [0.3, 0.4) is 0 Å². The van der Waals surface area contributed by atoms with Crippen molar-refractivity contribution in [3.63, 3.8) is 0 Å². The Morgan fingerprint density at radius 2 is 1.07 bits per heavy atom. The number of nitrogens with zero attached hydrogens (tertiary/aromatic N) is 1.